The van der Waals surface area contributed by atoms with E-state index < -0.39 is 17.7 Å². The highest BCUT2D eigenvalue weighted by Crippen LogP contribution is 2.08. The fourth-order valence-electron chi connectivity index (χ4n) is 1.61. The molecule has 0 aromatic rings. The van der Waals surface area contributed by atoms with Gasteiger partial charge in [0.1, 0.15) is 12.2 Å². The molecule has 0 aromatic carbocycles. The van der Waals surface area contributed by atoms with Crippen LogP contribution >= 0.6 is 0 Å². The number of hydrogen-bond donors (Lipinski definition) is 1. The fourth-order valence-corrected chi connectivity index (χ4v) is 1.61. The first-order valence-corrected chi connectivity index (χ1v) is 7.51. The average molecular weight is 303 g/mol. The molecule has 21 heavy (non-hydrogen) atoms. The normalized spacial score (nSPS) is 12.6. The third-order valence-corrected chi connectivity index (χ3v) is 2.47. The van der Waals surface area contributed by atoms with Gasteiger partial charge in [-0.2, -0.15) is 0 Å². The first-order valence-electron chi connectivity index (χ1n) is 7.51. The Bertz CT molecular complexity index is 312. The molecular formula is C15H29NO5. The van der Waals surface area contributed by atoms with Gasteiger partial charge in [-0.3, -0.25) is 0 Å². The third-order valence-electron chi connectivity index (χ3n) is 2.47. The highest BCUT2D eigenvalue weighted by atomic mass is 16.6. The molecule has 0 saturated heterocycles. The molecule has 1 N–H and O–H groups in total. The third kappa shape index (κ3) is 12.2. The van der Waals surface area contributed by atoms with Crippen molar-refractivity contribution in [2.24, 2.45) is 0 Å². The topological polar surface area (TPSA) is 73.9 Å². The monoisotopic (exact) mass is 303 g/mol. The molecule has 0 aliphatic heterocycles. The largest absolute Gasteiger partial charge is 0.464 e. The molecule has 0 aromatic heterocycles. The summed E-state index contributed by atoms with van der Waals surface area (Å²) in [6.45, 7) is 9.73. The Morgan fingerprint density at radius 1 is 1.19 bits per heavy atom. The van der Waals surface area contributed by atoms with Gasteiger partial charge in [0, 0.05) is 0 Å². The lowest BCUT2D eigenvalue weighted by Crippen LogP contribution is -2.41. The highest BCUT2D eigenvalue weighted by molar-refractivity contribution is 5.70. The molecule has 0 spiro atoms. The van der Waals surface area contributed by atoms with E-state index in [0.717, 1.165) is 19.3 Å². The number of hydrogen-bond acceptors (Lipinski definition) is 5. The first-order chi connectivity index (χ1) is 9.78. The summed E-state index contributed by atoms with van der Waals surface area (Å²) in [5.41, 5.74) is -0.537. The van der Waals surface area contributed by atoms with E-state index >= 15 is 0 Å². The molecule has 0 aliphatic rings. The quantitative estimate of drug-likeness (QED) is 0.663. The Morgan fingerprint density at radius 2 is 1.86 bits per heavy atom. The minimum Gasteiger partial charge on any atom is -0.464 e. The van der Waals surface area contributed by atoms with Crippen LogP contribution in [-0.4, -0.2) is 43.5 Å². The molecule has 6 nitrogen and oxygen atoms in total. The molecule has 0 unspecified atom stereocenters. The fraction of sp³-hybridized carbons (Fsp3) is 0.867. The van der Waals surface area contributed by atoms with Crippen LogP contribution in [0.5, 0.6) is 0 Å². The summed E-state index contributed by atoms with van der Waals surface area (Å²) in [5.74, 6) is -0.399. The van der Waals surface area contributed by atoms with Crippen LogP contribution in [0.2, 0.25) is 0 Å². The Kier molecular flexibility index (Phi) is 9.78. The molecule has 0 bridgehead atoms. The smallest absolute Gasteiger partial charge is 0.407 e. The lowest BCUT2D eigenvalue weighted by Gasteiger charge is -2.23. The summed E-state index contributed by atoms with van der Waals surface area (Å²) >= 11 is 0. The van der Waals surface area contributed by atoms with E-state index in [1.807, 2.05) is 20.8 Å². The molecule has 0 heterocycles. The van der Waals surface area contributed by atoms with Gasteiger partial charge in [0.05, 0.1) is 19.3 Å². The van der Waals surface area contributed by atoms with Gasteiger partial charge in [0.2, 0.25) is 0 Å². The van der Waals surface area contributed by atoms with Crippen molar-refractivity contribution in [3.8, 4) is 0 Å². The van der Waals surface area contributed by atoms with Gasteiger partial charge in [-0.25, -0.2) is 9.59 Å². The summed E-state index contributed by atoms with van der Waals surface area (Å²) in [6, 6.07) is -0.172. The van der Waals surface area contributed by atoms with Gasteiger partial charge in [-0.05, 0) is 34.1 Å². The number of carbonyl (C=O) groups excluding carboxylic acids is 2. The maximum atomic E-state index is 11.8. The minimum absolute atomic E-state index is 0.105. The van der Waals surface area contributed by atoms with E-state index in [4.69, 9.17) is 14.2 Å². The highest BCUT2D eigenvalue weighted by Gasteiger charge is 2.19. The summed E-state index contributed by atoms with van der Waals surface area (Å²) < 4.78 is 15.3. The molecule has 0 radical (unpaired) electrons. The maximum absolute atomic E-state index is 11.8. The number of amides is 1. The van der Waals surface area contributed by atoms with Crippen molar-refractivity contribution in [1.82, 2.24) is 5.32 Å². The Labute approximate surface area is 127 Å². The van der Waals surface area contributed by atoms with Crippen molar-refractivity contribution in [3.05, 3.63) is 0 Å². The van der Waals surface area contributed by atoms with Crippen LogP contribution in [0, 0.1) is 0 Å². The Hall–Kier alpha value is -1.30. The van der Waals surface area contributed by atoms with Crippen LogP contribution in [0.4, 0.5) is 4.79 Å². The van der Waals surface area contributed by atoms with Crippen molar-refractivity contribution in [2.45, 2.75) is 65.5 Å². The molecule has 0 rings (SSSR count). The van der Waals surface area contributed by atoms with Crippen LogP contribution in [0.1, 0.15) is 53.9 Å². The second-order valence-electron chi connectivity index (χ2n) is 5.81. The number of rotatable bonds is 9. The van der Waals surface area contributed by atoms with E-state index in [-0.39, 0.29) is 19.3 Å². The van der Waals surface area contributed by atoms with Crippen LogP contribution < -0.4 is 5.32 Å². The SMILES string of the molecule is CCCC[C@@H](COCC(=O)OCC)NC(=O)OC(C)(C)C. The molecule has 0 saturated carbocycles. The average Bonchev–Trinajstić information content (AvgIpc) is 2.33. The number of nitrogens with one attached hydrogen (secondary N) is 1. The number of carbonyl (C=O) groups is 2. The van der Waals surface area contributed by atoms with Gasteiger partial charge < -0.3 is 19.5 Å². The second-order valence-corrected chi connectivity index (χ2v) is 5.81. The predicted octanol–water partition coefficient (Wildman–Crippen LogP) is 2.65. The first kappa shape index (κ1) is 19.7. The summed E-state index contributed by atoms with van der Waals surface area (Å²) in [7, 11) is 0. The number of alkyl carbamates (subject to hydrolysis) is 1. The van der Waals surface area contributed by atoms with Crippen LogP contribution in [0.3, 0.4) is 0 Å². The van der Waals surface area contributed by atoms with Gasteiger partial charge in [0.15, 0.2) is 0 Å². The van der Waals surface area contributed by atoms with Crippen molar-refractivity contribution in [3.63, 3.8) is 0 Å². The van der Waals surface area contributed by atoms with E-state index in [1.165, 1.54) is 0 Å². The van der Waals surface area contributed by atoms with Crippen molar-refractivity contribution >= 4 is 12.1 Å². The van der Waals surface area contributed by atoms with Crippen LogP contribution in [0.15, 0.2) is 0 Å². The number of esters is 1. The van der Waals surface area contributed by atoms with E-state index in [2.05, 4.69) is 12.2 Å². The Balaban J connectivity index is 4.19. The zero-order valence-electron chi connectivity index (χ0n) is 13.9. The molecule has 1 amide bonds. The predicted molar refractivity (Wildman–Crippen MR) is 80.1 cm³/mol. The maximum Gasteiger partial charge on any atom is 0.407 e. The van der Waals surface area contributed by atoms with E-state index in [0.29, 0.717) is 6.61 Å². The summed E-state index contributed by atoms with van der Waals surface area (Å²) in [6.07, 6.45) is 2.29. The van der Waals surface area contributed by atoms with Crippen molar-refractivity contribution in [2.75, 3.05) is 19.8 Å². The van der Waals surface area contributed by atoms with Crippen LogP contribution in [0.25, 0.3) is 0 Å². The molecule has 124 valence electrons. The van der Waals surface area contributed by atoms with Gasteiger partial charge >= 0.3 is 12.1 Å². The minimum atomic E-state index is -0.537. The number of unbranched alkanes of at least 4 members (excludes halogenated alkanes) is 1. The summed E-state index contributed by atoms with van der Waals surface area (Å²) in [5, 5.41) is 2.78. The second kappa shape index (κ2) is 10.4. The molecule has 1 atom stereocenters. The lowest BCUT2D eigenvalue weighted by atomic mass is 10.1. The van der Waals surface area contributed by atoms with Gasteiger partial charge in [-0.15, -0.1) is 0 Å². The molecular weight excluding hydrogens is 274 g/mol. The van der Waals surface area contributed by atoms with Gasteiger partial charge in [-0.1, -0.05) is 19.8 Å². The zero-order chi connectivity index (χ0) is 16.3. The van der Waals surface area contributed by atoms with Gasteiger partial charge in [0.25, 0.3) is 0 Å². The molecule has 0 aliphatic carbocycles. The van der Waals surface area contributed by atoms with E-state index in [1.54, 1.807) is 6.92 Å². The standard InChI is InChI=1S/C15H29NO5/c1-6-8-9-12(10-19-11-13(17)20-7-2)16-14(18)21-15(3,4)5/h12H,6-11H2,1-5H3,(H,16,18)/t12-/m0/s1. The molecule has 0 fully saturated rings. The zero-order valence-corrected chi connectivity index (χ0v) is 13.9. The summed E-state index contributed by atoms with van der Waals surface area (Å²) in [4.78, 5) is 22.9. The van der Waals surface area contributed by atoms with Crippen molar-refractivity contribution < 1.29 is 23.8 Å². The molecule has 6 heteroatoms. The Morgan fingerprint density at radius 3 is 2.38 bits per heavy atom. The lowest BCUT2D eigenvalue weighted by molar-refractivity contribution is -0.148. The van der Waals surface area contributed by atoms with Crippen molar-refractivity contribution in [1.29, 1.82) is 0 Å². The number of ether oxygens (including phenoxy) is 3. The van der Waals surface area contributed by atoms with Crippen LogP contribution in [-0.2, 0) is 19.0 Å². The van der Waals surface area contributed by atoms with E-state index in [9.17, 15) is 9.59 Å².